The minimum absolute atomic E-state index is 0.0628. The van der Waals surface area contributed by atoms with Crippen LogP contribution in [0.15, 0.2) is 0 Å². The molecule has 0 aromatic heterocycles. The van der Waals surface area contributed by atoms with Crippen molar-refractivity contribution < 1.29 is 28.6 Å². The van der Waals surface area contributed by atoms with E-state index in [0.29, 0.717) is 19.3 Å². The van der Waals surface area contributed by atoms with Gasteiger partial charge in [0.05, 0.1) is 0 Å². The van der Waals surface area contributed by atoms with Crippen LogP contribution < -0.4 is 0 Å². The van der Waals surface area contributed by atoms with Gasteiger partial charge in [-0.25, -0.2) is 0 Å². The standard InChI is InChI=1S/C63H122O6/c1-7-59(6)51-45-39-33-27-21-15-9-11-17-24-30-36-42-48-54-63(66)69-60(56-68-62(65)53-47-41-35-29-23-18-12-14-20-26-32-38-44-50-58(4)5)55-67-61(64)52-46-40-34-28-22-16-10-8-13-19-25-31-37-43-49-57(2)3/h57-60H,7-56H2,1-6H3/t59?,60-/m0/s1. The summed E-state index contributed by atoms with van der Waals surface area (Å²) in [7, 11) is 0. The third-order valence-electron chi connectivity index (χ3n) is 14.8. The van der Waals surface area contributed by atoms with E-state index in [1.165, 1.54) is 231 Å². The van der Waals surface area contributed by atoms with E-state index in [1.807, 2.05) is 0 Å². The molecule has 6 heteroatoms. The number of ether oxygens (including phenoxy) is 3. The van der Waals surface area contributed by atoms with Crippen LogP contribution in [0.3, 0.4) is 0 Å². The van der Waals surface area contributed by atoms with Crippen molar-refractivity contribution in [2.24, 2.45) is 17.8 Å². The molecule has 0 bridgehead atoms. The predicted molar refractivity (Wildman–Crippen MR) is 298 cm³/mol. The molecule has 0 saturated carbocycles. The Labute approximate surface area is 431 Å². The van der Waals surface area contributed by atoms with Crippen LogP contribution in [0.5, 0.6) is 0 Å². The van der Waals surface area contributed by atoms with Crippen LogP contribution in [0.2, 0.25) is 0 Å². The van der Waals surface area contributed by atoms with E-state index in [-0.39, 0.29) is 31.1 Å². The molecule has 0 aliphatic rings. The van der Waals surface area contributed by atoms with E-state index < -0.39 is 6.10 Å². The van der Waals surface area contributed by atoms with Crippen molar-refractivity contribution in [3.63, 3.8) is 0 Å². The zero-order valence-corrected chi connectivity index (χ0v) is 47.6. The highest BCUT2D eigenvalue weighted by Crippen LogP contribution is 2.19. The monoisotopic (exact) mass is 975 g/mol. The smallest absolute Gasteiger partial charge is 0.306 e. The molecule has 2 atom stereocenters. The average Bonchev–Trinajstić information content (AvgIpc) is 3.32. The van der Waals surface area contributed by atoms with Crippen molar-refractivity contribution >= 4 is 17.9 Å². The Hall–Kier alpha value is -1.59. The predicted octanol–water partition coefficient (Wildman–Crippen LogP) is 20.7. The molecule has 1 unspecified atom stereocenters. The molecule has 0 N–H and O–H groups in total. The largest absolute Gasteiger partial charge is 0.462 e. The highest BCUT2D eigenvalue weighted by atomic mass is 16.6. The molecule has 410 valence electrons. The van der Waals surface area contributed by atoms with E-state index in [9.17, 15) is 14.4 Å². The summed E-state index contributed by atoms with van der Waals surface area (Å²) in [6.45, 7) is 13.8. The summed E-state index contributed by atoms with van der Waals surface area (Å²) in [5.41, 5.74) is 0. The van der Waals surface area contributed by atoms with Gasteiger partial charge in [0.25, 0.3) is 0 Å². The van der Waals surface area contributed by atoms with Gasteiger partial charge in [-0.15, -0.1) is 0 Å². The van der Waals surface area contributed by atoms with Crippen molar-refractivity contribution in [2.45, 2.75) is 356 Å². The number of rotatable bonds is 56. The van der Waals surface area contributed by atoms with Gasteiger partial charge < -0.3 is 14.2 Å². The van der Waals surface area contributed by atoms with Gasteiger partial charge in [0.15, 0.2) is 6.10 Å². The van der Waals surface area contributed by atoms with Crippen molar-refractivity contribution in [1.29, 1.82) is 0 Å². The lowest BCUT2D eigenvalue weighted by Gasteiger charge is -2.18. The molecule has 0 spiro atoms. The topological polar surface area (TPSA) is 78.9 Å². The molecular weight excluding hydrogens is 853 g/mol. The second kappa shape index (κ2) is 54.2. The minimum atomic E-state index is -0.764. The Bertz CT molecular complexity index is 1070. The summed E-state index contributed by atoms with van der Waals surface area (Å²) in [6, 6.07) is 0. The molecular formula is C63H122O6. The lowest BCUT2D eigenvalue weighted by molar-refractivity contribution is -0.167. The normalized spacial score (nSPS) is 12.5. The minimum Gasteiger partial charge on any atom is -0.462 e. The first kappa shape index (κ1) is 67.4. The third kappa shape index (κ3) is 55.6. The number of carbonyl (C=O) groups excluding carboxylic acids is 3. The second-order valence-electron chi connectivity index (χ2n) is 22.9. The number of carbonyl (C=O) groups is 3. The summed E-state index contributed by atoms with van der Waals surface area (Å²) >= 11 is 0. The zero-order chi connectivity index (χ0) is 50.5. The van der Waals surface area contributed by atoms with Gasteiger partial charge in [-0.05, 0) is 37.0 Å². The van der Waals surface area contributed by atoms with Crippen LogP contribution in [-0.2, 0) is 28.6 Å². The van der Waals surface area contributed by atoms with Crippen molar-refractivity contribution in [3.8, 4) is 0 Å². The van der Waals surface area contributed by atoms with Crippen LogP contribution in [0.4, 0.5) is 0 Å². The molecule has 69 heavy (non-hydrogen) atoms. The summed E-state index contributed by atoms with van der Waals surface area (Å²) < 4.78 is 16.9. The van der Waals surface area contributed by atoms with E-state index in [1.54, 1.807) is 0 Å². The maximum Gasteiger partial charge on any atom is 0.306 e. The summed E-state index contributed by atoms with van der Waals surface area (Å²) in [6.07, 6.45) is 58.0. The maximum absolute atomic E-state index is 12.9. The fourth-order valence-corrected chi connectivity index (χ4v) is 9.67. The van der Waals surface area contributed by atoms with Gasteiger partial charge in [-0.2, -0.15) is 0 Å². The van der Waals surface area contributed by atoms with E-state index in [4.69, 9.17) is 14.2 Å². The molecule has 0 saturated heterocycles. The molecule has 0 aliphatic carbocycles. The maximum atomic E-state index is 12.9. The molecule has 0 aromatic carbocycles. The first-order chi connectivity index (χ1) is 33.6. The van der Waals surface area contributed by atoms with Crippen molar-refractivity contribution in [3.05, 3.63) is 0 Å². The summed E-state index contributed by atoms with van der Waals surface area (Å²) in [4.78, 5) is 38.3. The Morgan fingerprint density at radius 2 is 0.507 bits per heavy atom. The van der Waals surface area contributed by atoms with Crippen LogP contribution in [0, 0.1) is 17.8 Å². The summed E-state index contributed by atoms with van der Waals surface area (Å²) in [5.74, 6) is 1.74. The molecule has 0 amide bonds. The fraction of sp³-hybridized carbons (Fsp3) is 0.952. The highest BCUT2D eigenvalue weighted by Gasteiger charge is 2.19. The van der Waals surface area contributed by atoms with Crippen molar-refractivity contribution in [2.75, 3.05) is 13.2 Å². The van der Waals surface area contributed by atoms with Gasteiger partial charge >= 0.3 is 17.9 Å². The number of esters is 3. The number of hydrogen-bond acceptors (Lipinski definition) is 6. The third-order valence-corrected chi connectivity index (χ3v) is 14.8. The Morgan fingerprint density at radius 1 is 0.290 bits per heavy atom. The van der Waals surface area contributed by atoms with Crippen molar-refractivity contribution in [1.82, 2.24) is 0 Å². The van der Waals surface area contributed by atoms with Gasteiger partial charge in [0, 0.05) is 19.3 Å². The first-order valence-electron chi connectivity index (χ1n) is 31.1. The second-order valence-corrected chi connectivity index (χ2v) is 22.9. The van der Waals surface area contributed by atoms with Crippen LogP contribution in [0.25, 0.3) is 0 Å². The first-order valence-corrected chi connectivity index (χ1v) is 31.1. The Kier molecular flexibility index (Phi) is 52.9. The van der Waals surface area contributed by atoms with Gasteiger partial charge in [0.1, 0.15) is 13.2 Å². The van der Waals surface area contributed by atoms with Crippen LogP contribution in [-0.4, -0.2) is 37.2 Å². The van der Waals surface area contributed by atoms with Gasteiger partial charge in [-0.3, -0.25) is 14.4 Å². The molecule has 0 aliphatic heterocycles. The lowest BCUT2D eigenvalue weighted by Crippen LogP contribution is -2.30. The zero-order valence-electron chi connectivity index (χ0n) is 47.6. The van der Waals surface area contributed by atoms with Crippen LogP contribution >= 0.6 is 0 Å². The highest BCUT2D eigenvalue weighted by molar-refractivity contribution is 5.71. The van der Waals surface area contributed by atoms with Gasteiger partial charge in [-0.1, -0.05) is 311 Å². The van der Waals surface area contributed by atoms with E-state index >= 15 is 0 Å². The summed E-state index contributed by atoms with van der Waals surface area (Å²) in [5, 5.41) is 0. The molecule has 0 fully saturated rings. The average molecular weight is 976 g/mol. The lowest BCUT2D eigenvalue weighted by atomic mass is 9.99. The molecule has 0 aromatic rings. The molecule has 0 rings (SSSR count). The van der Waals surface area contributed by atoms with Crippen LogP contribution in [0.1, 0.15) is 350 Å². The Morgan fingerprint density at radius 3 is 0.754 bits per heavy atom. The van der Waals surface area contributed by atoms with E-state index in [2.05, 4.69) is 41.5 Å². The SMILES string of the molecule is CCC(C)CCCCCCCCCCCCCCCCC(=O)O[C@@H](COC(=O)CCCCCCCCCCCCCCCCC(C)C)COC(=O)CCCCCCCCCCCCCCCC(C)C. The Balaban J connectivity index is 4.31. The number of unbranched alkanes of at least 4 members (excludes halogenated alkanes) is 38. The molecule has 0 heterocycles. The molecule has 0 radical (unpaired) electrons. The van der Waals surface area contributed by atoms with E-state index in [0.717, 1.165) is 75.5 Å². The fourth-order valence-electron chi connectivity index (χ4n) is 9.67. The quantitative estimate of drug-likeness (QED) is 0.0343. The number of hydrogen-bond donors (Lipinski definition) is 0. The van der Waals surface area contributed by atoms with Gasteiger partial charge in [0.2, 0.25) is 0 Å². The molecule has 6 nitrogen and oxygen atoms in total.